The Kier molecular flexibility index (Phi) is 4.64. The van der Waals surface area contributed by atoms with Gasteiger partial charge in [-0.2, -0.15) is 5.10 Å². The number of nitrogens with one attached hydrogen (secondary N) is 1. The minimum Gasteiger partial charge on any atom is -0.497 e. The summed E-state index contributed by atoms with van der Waals surface area (Å²) < 4.78 is 6.98. The smallest absolute Gasteiger partial charge is 0.306 e. The van der Waals surface area contributed by atoms with Crippen LogP contribution < -0.4 is 4.74 Å². The maximum absolute atomic E-state index is 10.7. The second kappa shape index (κ2) is 7.24. The first-order valence-electron chi connectivity index (χ1n) is 8.88. The maximum Gasteiger partial charge on any atom is 0.306 e. The highest BCUT2D eigenvalue weighted by Crippen LogP contribution is 2.31. The Morgan fingerprint density at radius 1 is 1.37 bits per heavy atom. The van der Waals surface area contributed by atoms with Crippen LogP contribution in [0.4, 0.5) is 5.69 Å². The van der Waals surface area contributed by atoms with E-state index < -0.39 is 4.92 Å². The molecule has 8 nitrogen and oxygen atoms in total. The van der Waals surface area contributed by atoms with Crippen LogP contribution in [0.1, 0.15) is 12.0 Å². The Balaban J connectivity index is 1.42. The Morgan fingerprint density at radius 3 is 2.96 bits per heavy atom. The van der Waals surface area contributed by atoms with Gasteiger partial charge in [0.2, 0.25) is 0 Å². The van der Waals surface area contributed by atoms with E-state index in [0.717, 1.165) is 37.3 Å². The van der Waals surface area contributed by atoms with Crippen LogP contribution in [-0.4, -0.2) is 51.3 Å². The van der Waals surface area contributed by atoms with Crippen LogP contribution in [0.25, 0.3) is 16.5 Å². The van der Waals surface area contributed by atoms with Crippen LogP contribution in [0.15, 0.2) is 42.9 Å². The molecule has 1 aliphatic heterocycles. The van der Waals surface area contributed by atoms with E-state index in [9.17, 15) is 10.1 Å². The number of fused-ring (bicyclic) bond motifs is 1. The van der Waals surface area contributed by atoms with Crippen molar-refractivity contribution in [3.8, 4) is 5.75 Å². The van der Waals surface area contributed by atoms with Gasteiger partial charge >= 0.3 is 5.69 Å². The standard InChI is InChI=1S/C19H21N5O3/c1-27-16-2-3-19-17(10-16)18(12-20-19)14-4-6-22(7-5-14)8-9-23-13-15(11-21-23)24(25)26/h2-4,10-13,20H,5-9H2,1H3. The summed E-state index contributed by atoms with van der Waals surface area (Å²) in [7, 11) is 1.68. The van der Waals surface area contributed by atoms with Gasteiger partial charge in [0.05, 0.1) is 18.6 Å². The SMILES string of the molecule is COc1ccc2[nH]cc(C3=CCN(CCn4cc([N+](=O)[O-])cn4)CC3)c2c1. The zero-order valence-corrected chi connectivity index (χ0v) is 15.1. The van der Waals surface area contributed by atoms with E-state index in [1.54, 1.807) is 11.8 Å². The van der Waals surface area contributed by atoms with Gasteiger partial charge in [0.25, 0.3) is 0 Å². The molecule has 0 saturated heterocycles. The lowest BCUT2D eigenvalue weighted by atomic mass is 9.99. The number of ether oxygens (including phenoxy) is 1. The molecule has 2 aromatic heterocycles. The topological polar surface area (TPSA) is 89.2 Å². The van der Waals surface area contributed by atoms with E-state index in [2.05, 4.69) is 33.3 Å². The number of benzene rings is 1. The lowest BCUT2D eigenvalue weighted by molar-refractivity contribution is -0.385. The maximum atomic E-state index is 10.7. The number of nitro groups is 1. The summed E-state index contributed by atoms with van der Waals surface area (Å²) in [4.78, 5) is 16.0. The van der Waals surface area contributed by atoms with E-state index in [1.165, 1.54) is 28.9 Å². The van der Waals surface area contributed by atoms with Crippen LogP contribution in [-0.2, 0) is 6.54 Å². The van der Waals surface area contributed by atoms with Crippen LogP contribution in [0, 0.1) is 10.1 Å². The number of aromatic nitrogens is 3. The fourth-order valence-corrected chi connectivity index (χ4v) is 3.46. The molecule has 27 heavy (non-hydrogen) atoms. The van der Waals surface area contributed by atoms with Crippen molar-refractivity contribution in [1.82, 2.24) is 19.7 Å². The van der Waals surface area contributed by atoms with Crippen molar-refractivity contribution in [3.05, 3.63) is 58.5 Å². The molecule has 8 heteroatoms. The molecule has 4 rings (SSSR count). The molecule has 0 aliphatic carbocycles. The highest BCUT2D eigenvalue weighted by molar-refractivity contribution is 5.93. The molecule has 0 saturated carbocycles. The molecule has 0 fully saturated rings. The van der Waals surface area contributed by atoms with Crippen LogP contribution in [0.5, 0.6) is 5.75 Å². The molecule has 3 heterocycles. The van der Waals surface area contributed by atoms with Gasteiger partial charge in [0.1, 0.15) is 18.1 Å². The average Bonchev–Trinajstić information content (AvgIpc) is 3.33. The molecule has 140 valence electrons. The van der Waals surface area contributed by atoms with Gasteiger partial charge in [-0.25, -0.2) is 0 Å². The first-order valence-corrected chi connectivity index (χ1v) is 8.88. The lowest BCUT2D eigenvalue weighted by Crippen LogP contribution is -2.31. The number of nitrogens with zero attached hydrogens (tertiary/aromatic N) is 4. The molecule has 0 spiro atoms. The zero-order chi connectivity index (χ0) is 18.8. The third kappa shape index (κ3) is 3.56. The van der Waals surface area contributed by atoms with E-state index in [1.807, 2.05) is 12.1 Å². The Labute approximate surface area is 156 Å². The second-order valence-electron chi connectivity index (χ2n) is 6.61. The number of aromatic amines is 1. The summed E-state index contributed by atoms with van der Waals surface area (Å²) in [5, 5.41) is 15.9. The number of hydrogen-bond donors (Lipinski definition) is 1. The largest absolute Gasteiger partial charge is 0.497 e. The highest BCUT2D eigenvalue weighted by Gasteiger charge is 2.16. The molecular weight excluding hydrogens is 346 g/mol. The highest BCUT2D eigenvalue weighted by atomic mass is 16.6. The molecule has 0 bridgehead atoms. The number of rotatable bonds is 6. The van der Waals surface area contributed by atoms with Gasteiger partial charge in [-0.05, 0) is 30.2 Å². The van der Waals surface area contributed by atoms with Crippen molar-refractivity contribution < 1.29 is 9.66 Å². The minimum atomic E-state index is -0.421. The van der Waals surface area contributed by atoms with E-state index in [0.29, 0.717) is 6.54 Å². The quantitative estimate of drug-likeness (QED) is 0.534. The normalized spacial score (nSPS) is 15.1. The van der Waals surface area contributed by atoms with Crippen molar-refractivity contribution in [2.75, 3.05) is 26.7 Å². The fraction of sp³-hybridized carbons (Fsp3) is 0.316. The number of methoxy groups -OCH3 is 1. The van der Waals surface area contributed by atoms with Crippen LogP contribution in [0.3, 0.4) is 0 Å². The summed E-state index contributed by atoms with van der Waals surface area (Å²) in [6.07, 6.45) is 8.05. The first-order chi connectivity index (χ1) is 13.1. The predicted molar refractivity (Wildman–Crippen MR) is 103 cm³/mol. The molecule has 0 amide bonds. The summed E-state index contributed by atoms with van der Waals surface area (Å²) >= 11 is 0. The molecular formula is C19H21N5O3. The summed E-state index contributed by atoms with van der Waals surface area (Å²) in [5.41, 5.74) is 3.70. The monoisotopic (exact) mass is 367 g/mol. The molecule has 0 atom stereocenters. The summed E-state index contributed by atoms with van der Waals surface area (Å²) in [5.74, 6) is 0.856. The molecule has 0 unspecified atom stereocenters. The second-order valence-corrected chi connectivity index (χ2v) is 6.61. The minimum absolute atomic E-state index is 0.0330. The molecule has 1 N–H and O–H groups in total. The van der Waals surface area contributed by atoms with Crippen molar-refractivity contribution in [2.24, 2.45) is 0 Å². The average molecular weight is 367 g/mol. The van der Waals surface area contributed by atoms with E-state index >= 15 is 0 Å². The fourth-order valence-electron chi connectivity index (χ4n) is 3.46. The predicted octanol–water partition coefficient (Wildman–Crippen LogP) is 3.07. The zero-order valence-electron chi connectivity index (χ0n) is 15.1. The van der Waals surface area contributed by atoms with Crippen LogP contribution >= 0.6 is 0 Å². The third-order valence-corrected chi connectivity index (χ3v) is 5.00. The molecule has 1 aliphatic rings. The number of hydrogen-bond acceptors (Lipinski definition) is 5. The van der Waals surface area contributed by atoms with Crippen molar-refractivity contribution in [2.45, 2.75) is 13.0 Å². The summed E-state index contributed by atoms with van der Waals surface area (Å²) in [6.45, 7) is 3.26. The van der Waals surface area contributed by atoms with Gasteiger partial charge in [-0.15, -0.1) is 0 Å². The molecule has 3 aromatic rings. The Morgan fingerprint density at radius 2 is 2.26 bits per heavy atom. The van der Waals surface area contributed by atoms with Gasteiger partial charge in [-0.3, -0.25) is 19.7 Å². The number of H-pyrrole nitrogens is 1. The van der Waals surface area contributed by atoms with Crippen molar-refractivity contribution in [1.29, 1.82) is 0 Å². The Bertz CT molecular complexity index is 1000. The van der Waals surface area contributed by atoms with Gasteiger partial charge in [0.15, 0.2) is 0 Å². The van der Waals surface area contributed by atoms with Gasteiger partial charge in [0, 0.05) is 42.3 Å². The van der Waals surface area contributed by atoms with E-state index in [-0.39, 0.29) is 5.69 Å². The van der Waals surface area contributed by atoms with E-state index in [4.69, 9.17) is 4.74 Å². The van der Waals surface area contributed by atoms with Gasteiger partial charge in [-0.1, -0.05) is 6.08 Å². The van der Waals surface area contributed by atoms with Crippen molar-refractivity contribution in [3.63, 3.8) is 0 Å². The molecule has 1 aromatic carbocycles. The van der Waals surface area contributed by atoms with Crippen molar-refractivity contribution >= 4 is 22.2 Å². The first kappa shape index (κ1) is 17.3. The Hall–Kier alpha value is -3.13. The third-order valence-electron chi connectivity index (χ3n) is 5.00. The molecule has 0 radical (unpaired) electrons. The van der Waals surface area contributed by atoms with Crippen LogP contribution in [0.2, 0.25) is 0 Å². The summed E-state index contributed by atoms with van der Waals surface area (Å²) in [6, 6.07) is 6.06. The van der Waals surface area contributed by atoms with Gasteiger partial charge < -0.3 is 9.72 Å². The lowest BCUT2D eigenvalue weighted by Gasteiger charge is -2.26.